The third kappa shape index (κ3) is 6.96. The lowest BCUT2D eigenvalue weighted by atomic mass is 9.79. The summed E-state index contributed by atoms with van der Waals surface area (Å²) in [6.45, 7) is 6.89. The lowest BCUT2D eigenvalue weighted by Crippen LogP contribution is -2.17. The van der Waals surface area contributed by atoms with E-state index in [1.54, 1.807) is 0 Å². The second-order valence-corrected chi connectivity index (χ2v) is 18.3. The van der Waals surface area contributed by atoms with Gasteiger partial charge in [0.05, 0.1) is 5.69 Å². The Morgan fingerprint density at radius 2 is 1.10 bits per heavy atom. The molecule has 1 heterocycles. The molecule has 0 amide bonds. The van der Waals surface area contributed by atoms with Crippen molar-refractivity contribution in [2.45, 2.75) is 32.6 Å². The molecular weight excluding hydrogens is 811 g/mol. The molecule has 0 aliphatic heterocycles. The molecular formula is C65H49NO. The first-order chi connectivity index (χ1) is 32.9. The number of allylic oxidation sites excluding steroid dienone is 3. The Morgan fingerprint density at radius 3 is 1.96 bits per heavy atom. The van der Waals surface area contributed by atoms with Crippen LogP contribution < -0.4 is 4.90 Å². The van der Waals surface area contributed by atoms with E-state index in [1.807, 2.05) is 0 Å². The van der Waals surface area contributed by atoms with Gasteiger partial charge in [-0.15, -0.1) is 0 Å². The van der Waals surface area contributed by atoms with Crippen molar-refractivity contribution in [2.24, 2.45) is 0 Å². The Hall–Kier alpha value is -8.20. The van der Waals surface area contributed by atoms with Gasteiger partial charge in [-0.1, -0.05) is 190 Å². The minimum absolute atomic E-state index is 0.0740. The molecule has 0 saturated heterocycles. The zero-order valence-corrected chi connectivity index (χ0v) is 38.0. The van der Waals surface area contributed by atoms with Crippen LogP contribution in [0, 0.1) is 0 Å². The Morgan fingerprint density at radius 1 is 0.478 bits per heavy atom. The molecule has 2 nitrogen and oxygen atoms in total. The van der Waals surface area contributed by atoms with Crippen LogP contribution in [0.3, 0.4) is 0 Å². The molecule has 320 valence electrons. The molecule has 0 saturated carbocycles. The van der Waals surface area contributed by atoms with E-state index in [0.717, 1.165) is 56.6 Å². The van der Waals surface area contributed by atoms with Crippen LogP contribution in [0.15, 0.2) is 241 Å². The van der Waals surface area contributed by atoms with Crippen molar-refractivity contribution in [2.75, 3.05) is 4.90 Å². The fourth-order valence-corrected chi connectivity index (χ4v) is 10.9. The molecule has 0 N–H and O–H groups in total. The summed E-state index contributed by atoms with van der Waals surface area (Å²) in [6.07, 6.45) is 7.71. The van der Waals surface area contributed by atoms with Crippen LogP contribution in [-0.4, -0.2) is 0 Å². The van der Waals surface area contributed by atoms with Crippen molar-refractivity contribution in [1.82, 2.24) is 0 Å². The molecule has 0 radical (unpaired) electrons. The SMILES string of the molecule is C/C=C(\C=C/Cc1cccc2c1C(C)(C)c1ccccc1-2)N(c1ccc(-c2cccc(-c3cccc4ccccc34)c2)cc1)c1ccccc1-c1ccc2oc3cc4ccccc4cc3c2c1. The van der Waals surface area contributed by atoms with Crippen LogP contribution in [0.5, 0.6) is 0 Å². The minimum Gasteiger partial charge on any atom is -0.456 e. The Balaban J connectivity index is 0.949. The van der Waals surface area contributed by atoms with Crippen molar-refractivity contribution in [3.8, 4) is 44.5 Å². The number of hydrogen-bond acceptors (Lipinski definition) is 2. The number of hydrogen-bond donors (Lipinski definition) is 0. The normalized spacial score (nSPS) is 13.2. The summed E-state index contributed by atoms with van der Waals surface area (Å²) in [6, 6.07) is 77.3. The van der Waals surface area contributed by atoms with E-state index >= 15 is 0 Å². The number of fused-ring (bicyclic) bond motifs is 8. The maximum absolute atomic E-state index is 6.46. The number of anilines is 2. The van der Waals surface area contributed by atoms with Gasteiger partial charge in [0.2, 0.25) is 0 Å². The van der Waals surface area contributed by atoms with Crippen LogP contribution in [-0.2, 0) is 11.8 Å². The number of nitrogens with zero attached hydrogens (tertiary/aromatic N) is 1. The molecule has 0 bridgehead atoms. The van der Waals surface area contributed by atoms with E-state index in [-0.39, 0.29) is 5.41 Å². The van der Waals surface area contributed by atoms with E-state index in [4.69, 9.17) is 4.42 Å². The van der Waals surface area contributed by atoms with Gasteiger partial charge >= 0.3 is 0 Å². The average molecular weight is 860 g/mol. The van der Waals surface area contributed by atoms with E-state index < -0.39 is 0 Å². The summed E-state index contributed by atoms with van der Waals surface area (Å²) < 4.78 is 6.46. The Labute approximate surface area is 392 Å². The van der Waals surface area contributed by atoms with E-state index in [0.29, 0.717) is 0 Å². The molecule has 0 fully saturated rings. The van der Waals surface area contributed by atoms with Crippen LogP contribution in [0.1, 0.15) is 37.5 Å². The summed E-state index contributed by atoms with van der Waals surface area (Å²) in [7, 11) is 0. The molecule has 1 aliphatic rings. The van der Waals surface area contributed by atoms with Gasteiger partial charge in [0.1, 0.15) is 11.2 Å². The maximum atomic E-state index is 6.46. The second kappa shape index (κ2) is 16.3. The number of benzene rings is 10. The lowest BCUT2D eigenvalue weighted by Gasteiger charge is -2.29. The first kappa shape index (κ1) is 40.3. The number of rotatable bonds is 9. The van der Waals surface area contributed by atoms with E-state index in [2.05, 4.69) is 256 Å². The van der Waals surface area contributed by atoms with Gasteiger partial charge < -0.3 is 9.32 Å². The van der Waals surface area contributed by atoms with Crippen molar-refractivity contribution >= 4 is 54.9 Å². The first-order valence-corrected chi connectivity index (χ1v) is 23.4. The van der Waals surface area contributed by atoms with Crippen LogP contribution >= 0.6 is 0 Å². The summed E-state index contributed by atoms with van der Waals surface area (Å²) in [5, 5.41) is 7.13. The average Bonchev–Trinajstić information content (AvgIpc) is 3.85. The molecule has 1 aromatic heterocycles. The number of furan rings is 1. The van der Waals surface area contributed by atoms with Crippen LogP contribution in [0.25, 0.3) is 88.0 Å². The van der Waals surface area contributed by atoms with Gasteiger partial charge in [-0.05, 0) is 145 Å². The molecule has 67 heavy (non-hydrogen) atoms. The largest absolute Gasteiger partial charge is 0.456 e. The quantitative estimate of drug-likeness (QED) is 0.134. The molecule has 0 unspecified atom stereocenters. The summed E-state index contributed by atoms with van der Waals surface area (Å²) in [5.41, 5.74) is 19.0. The topological polar surface area (TPSA) is 16.4 Å². The fourth-order valence-electron chi connectivity index (χ4n) is 10.9. The highest BCUT2D eigenvalue weighted by Gasteiger charge is 2.36. The van der Waals surface area contributed by atoms with E-state index in [1.165, 1.54) is 71.6 Å². The van der Waals surface area contributed by atoms with Crippen molar-refractivity contribution in [1.29, 1.82) is 0 Å². The fraction of sp³-hybridized carbons (Fsp3) is 0.0769. The third-order valence-electron chi connectivity index (χ3n) is 14.1. The van der Waals surface area contributed by atoms with Crippen molar-refractivity contribution in [3.63, 3.8) is 0 Å². The zero-order chi connectivity index (χ0) is 45.1. The monoisotopic (exact) mass is 859 g/mol. The van der Waals surface area contributed by atoms with Crippen LogP contribution in [0.4, 0.5) is 11.4 Å². The predicted molar refractivity (Wildman–Crippen MR) is 284 cm³/mol. The second-order valence-electron chi connectivity index (χ2n) is 18.3. The molecule has 10 aromatic carbocycles. The van der Waals surface area contributed by atoms with Gasteiger partial charge in [-0.2, -0.15) is 0 Å². The number of para-hydroxylation sites is 1. The highest BCUT2D eigenvalue weighted by Crippen LogP contribution is 2.50. The van der Waals surface area contributed by atoms with Gasteiger partial charge in [0, 0.05) is 33.1 Å². The van der Waals surface area contributed by atoms with Crippen molar-refractivity contribution in [3.05, 3.63) is 253 Å². The summed E-state index contributed by atoms with van der Waals surface area (Å²) in [4.78, 5) is 2.42. The molecule has 11 aromatic rings. The van der Waals surface area contributed by atoms with Gasteiger partial charge in [-0.3, -0.25) is 0 Å². The maximum Gasteiger partial charge on any atom is 0.136 e. The van der Waals surface area contributed by atoms with Crippen molar-refractivity contribution < 1.29 is 4.42 Å². The van der Waals surface area contributed by atoms with Gasteiger partial charge in [0.15, 0.2) is 0 Å². The van der Waals surface area contributed by atoms with E-state index in [9.17, 15) is 0 Å². The molecule has 1 aliphatic carbocycles. The molecule has 0 atom stereocenters. The zero-order valence-electron chi connectivity index (χ0n) is 38.0. The minimum atomic E-state index is -0.0740. The van der Waals surface area contributed by atoms with Crippen LogP contribution in [0.2, 0.25) is 0 Å². The summed E-state index contributed by atoms with van der Waals surface area (Å²) in [5.74, 6) is 0. The smallest absolute Gasteiger partial charge is 0.136 e. The van der Waals surface area contributed by atoms with Gasteiger partial charge in [-0.25, -0.2) is 0 Å². The molecule has 12 rings (SSSR count). The summed E-state index contributed by atoms with van der Waals surface area (Å²) >= 11 is 0. The molecule has 0 spiro atoms. The first-order valence-electron chi connectivity index (χ1n) is 23.4. The standard InChI is InChI=1S/C65H49NO/c1-4-51(25-14-21-45-22-16-30-57-56-28-9-11-31-60(56)65(2,3)64(45)57)66(52-36-33-43(34-37-52)46-23-13-24-49(39-46)54-29-15-20-44-17-7-8-26-53(44)54)61-32-12-10-27-55(61)50-35-38-62-58(41-50)59-40-47-18-5-6-19-48(47)42-63(59)67-62/h4-20,22-42H,21H2,1-3H3/b25-14-,51-4+. The highest BCUT2D eigenvalue weighted by molar-refractivity contribution is 6.11. The predicted octanol–water partition coefficient (Wildman–Crippen LogP) is 18.0. The Kier molecular flexibility index (Phi) is 9.84. The third-order valence-corrected chi connectivity index (χ3v) is 14.1. The highest BCUT2D eigenvalue weighted by atomic mass is 16.3. The molecule has 2 heteroatoms. The lowest BCUT2D eigenvalue weighted by molar-refractivity contribution is 0.653. The Bertz CT molecular complexity index is 3760. The van der Waals surface area contributed by atoms with Gasteiger partial charge in [0.25, 0.3) is 0 Å².